The topological polar surface area (TPSA) is 46.0 Å². The number of aliphatic hydroxyl groups is 1. The average molecular weight is 326 g/mol. The van der Waals surface area contributed by atoms with E-state index in [1.807, 2.05) is 18.2 Å². The van der Waals surface area contributed by atoms with Crippen LogP contribution >= 0.6 is 0 Å². The highest BCUT2D eigenvalue weighted by molar-refractivity contribution is 5.60. The lowest BCUT2D eigenvalue weighted by Gasteiger charge is -2.04. The molecular formula is C20H23FN2O. The number of hydrogen-bond acceptors (Lipinski definition) is 3. The number of rotatable bonds is 8. The van der Waals surface area contributed by atoms with Crippen LogP contribution in [-0.4, -0.2) is 21.2 Å². The van der Waals surface area contributed by atoms with Crippen molar-refractivity contribution < 1.29 is 9.50 Å². The molecule has 126 valence electrons. The first-order valence-corrected chi connectivity index (χ1v) is 8.16. The van der Waals surface area contributed by atoms with Gasteiger partial charge in [0.15, 0.2) is 5.82 Å². The number of aliphatic hydroxyl groups excluding tert-OH is 1. The second kappa shape index (κ2) is 9.08. The van der Waals surface area contributed by atoms with Crippen LogP contribution in [0.2, 0.25) is 0 Å². The summed E-state index contributed by atoms with van der Waals surface area (Å²) in [5.41, 5.74) is 2.15. The predicted octanol–water partition coefficient (Wildman–Crippen LogP) is 4.58. The van der Waals surface area contributed by atoms with Crippen LogP contribution in [0.3, 0.4) is 0 Å². The molecule has 0 radical (unpaired) electrons. The zero-order valence-corrected chi connectivity index (χ0v) is 14.0. The minimum atomic E-state index is -0.336. The number of nitrogens with zero attached hydrogens (tertiary/aromatic N) is 2. The molecule has 0 saturated carbocycles. The molecule has 2 aromatic rings. The first kappa shape index (κ1) is 18.0. The van der Waals surface area contributed by atoms with Crippen molar-refractivity contribution in [1.29, 1.82) is 0 Å². The third-order valence-electron chi connectivity index (χ3n) is 3.62. The first-order valence-electron chi connectivity index (χ1n) is 8.16. The van der Waals surface area contributed by atoms with Crippen molar-refractivity contribution in [3.05, 3.63) is 66.3 Å². The lowest BCUT2D eigenvalue weighted by Crippen LogP contribution is -1.97. The highest BCUT2D eigenvalue weighted by Gasteiger charge is 2.08. The van der Waals surface area contributed by atoms with Crippen LogP contribution in [-0.2, 0) is 6.42 Å². The molecule has 0 aliphatic heterocycles. The first-order chi connectivity index (χ1) is 11.6. The van der Waals surface area contributed by atoms with Gasteiger partial charge < -0.3 is 5.11 Å². The van der Waals surface area contributed by atoms with Crippen molar-refractivity contribution in [3.8, 4) is 11.4 Å². The summed E-state index contributed by atoms with van der Waals surface area (Å²) in [5.74, 6) is 0.0466. The molecule has 0 bridgehead atoms. The van der Waals surface area contributed by atoms with Gasteiger partial charge in [0, 0.05) is 12.4 Å². The SMILES string of the molecule is C=CCc1cnc(-c2ccc(C=CCCCC(C)O)cc2F)nc1. The van der Waals surface area contributed by atoms with Crippen LogP contribution in [0.4, 0.5) is 4.39 Å². The summed E-state index contributed by atoms with van der Waals surface area (Å²) < 4.78 is 14.3. The third kappa shape index (κ3) is 5.39. The van der Waals surface area contributed by atoms with Crippen molar-refractivity contribution in [1.82, 2.24) is 9.97 Å². The summed E-state index contributed by atoms with van der Waals surface area (Å²) >= 11 is 0. The quantitative estimate of drug-likeness (QED) is 0.571. The van der Waals surface area contributed by atoms with Gasteiger partial charge >= 0.3 is 0 Å². The number of unbranched alkanes of at least 4 members (excludes halogenated alkanes) is 1. The van der Waals surface area contributed by atoms with Crippen molar-refractivity contribution in [2.75, 3.05) is 0 Å². The van der Waals surface area contributed by atoms with E-state index >= 15 is 0 Å². The van der Waals surface area contributed by atoms with Gasteiger partial charge in [0.1, 0.15) is 5.82 Å². The average Bonchev–Trinajstić information content (AvgIpc) is 2.56. The van der Waals surface area contributed by atoms with Gasteiger partial charge in [-0.15, -0.1) is 6.58 Å². The Morgan fingerprint density at radius 3 is 2.67 bits per heavy atom. The third-order valence-corrected chi connectivity index (χ3v) is 3.62. The van der Waals surface area contributed by atoms with E-state index in [-0.39, 0.29) is 11.9 Å². The molecule has 1 aromatic heterocycles. The van der Waals surface area contributed by atoms with Crippen molar-refractivity contribution >= 4 is 6.08 Å². The molecule has 1 heterocycles. The Morgan fingerprint density at radius 1 is 1.29 bits per heavy atom. The molecule has 2 rings (SSSR count). The fourth-order valence-electron chi connectivity index (χ4n) is 2.33. The molecular weight excluding hydrogens is 303 g/mol. The number of hydrogen-bond donors (Lipinski definition) is 1. The summed E-state index contributed by atoms with van der Waals surface area (Å²) in [6.07, 6.45) is 12.0. The van der Waals surface area contributed by atoms with Crippen LogP contribution in [0.15, 0.2) is 49.3 Å². The second-order valence-electron chi connectivity index (χ2n) is 5.83. The summed E-state index contributed by atoms with van der Waals surface area (Å²) in [7, 11) is 0. The Balaban J connectivity index is 2.03. The molecule has 0 aliphatic rings. The van der Waals surface area contributed by atoms with Gasteiger partial charge in [-0.1, -0.05) is 24.3 Å². The van der Waals surface area contributed by atoms with E-state index in [0.717, 1.165) is 30.4 Å². The van der Waals surface area contributed by atoms with Gasteiger partial charge in [-0.3, -0.25) is 0 Å². The molecule has 1 unspecified atom stereocenters. The largest absolute Gasteiger partial charge is 0.393 e. The summed E-state index contributed by atoms with van der Waals surface area (Å²) in [4.78, 5) is 8.44. The number of benzene rings is 1. The standard InChI is InChI=1S/C20H23FN2O/c1-3-7-17-13-22-20(23-14-17)18-11-10-16(12-19(18)21)9-6-4-5-8-15(2)24/h3,6,9-15,24H,1,4-5,7-8H2,2H3. The van der Waals surface area contributed by atoms with E-state index in [9.17, 15) is 9.50 Å². The Labute approximate surface area is 142 Å². The van der Waals surface area contributed by atoms with Crippen molar-refractivity contribution in [2.45, 2.75) is 38.7 Å². The lowest BCUT2D eigenvalue weighted by atomic mass is 10.1. The maximum absolute atomic E-state index is 14.3. The van der Waals surface area contributed by atoms with Gasteiger partial charge in [0.25, 0.3) is 0 Å². The van der Waals surface area contributed by atoms with Crippen LogP contribution < -0.4 is 0 Å². The van der Waals surface area contributed by atoms with Gasteiger partial charge in [0.05, 0.1) is 11.7 Å². The summed E-state index contributed by atoms with van der Waals surface area (Å²) in [6, 6.07) is 5.04. The smallest absolute Gasteiger partial charge is 0.162 e. The van der Waals surface area contributed by atoms with Crippen LogP contribution in [0.1, 0.15) is 37.3 Å². The maximum Gasteiger partial charge on any atom is 0.162 e. The second-order valence-corrected chi connectivity index (χ2v) is 5.83. The fourth-order valence-corrected chi connectivity index (χ4v) is 2.33. The van der Waals surface area contributed by atoms with E-state index in [1.165, 1.54) is 6.07 Å². The van der Waals surface area contributed by atoms with E-state index in [1.54, 1.807) is 31.5 Å². The van der Waals surface area contributed by atoms with Crippen molar-refractivity contribution in [2.24, 2.45) is 0 Å². The minimum absolute atomic E-state index is 0.270. The molecule has 1 atom stereocenters. The van der Waals surface area contributed by atoms with Crippen LogP contribution in [0.5, 0.6) is 0 Å². The van der Waals surface area contributed by atoms with E-state index in [4.69, 9.17) is 0 Å². The fraction of sp³-hybridized carbons (Fsp3) is 0.300. The molecule has 24 heavy (non-hydrogen) atoms. The zero-order valence-electron chi connectivity index (χ0n) is 14.0. The van der Waals surface area contributed by atoms with Crippen LogP contribution in [0.25, 0.3) is 17.5 Å². The normalized spacial score (nSPS) is 12.5. The van der Waals surface area contributed by atoms with E-state index in [2.05, 4.69) is 16.5 Å². The molecule has 0 spiro atoms. The van der Waals surface area contributed by atoms with Gasteiger partial charge in [0.2, 0.25) is 0 Å². The predicted molar refractivity (Wildman–Crippen MR) is 95.9 cm³/mol. The monoisotopic (exact) mass is 326 g/mol. The van der Waals surface area contributed by atoms with E-state index < -0.39 is 0 Å². The van der Waals surface area contributed by atoms with Gasteiger partial charge in [-0.05, 0) is 55.9 Å². The molecule has 3 nitrogen and oxygen atoms in total. The molecule has 1 N–H and O–H groups in total. The molecule has 4 heteroatoms. The Kier molecular flexibility index (Phi) is 6.82. The summed E-state index contributed by atoms with van der Waals surface area (Å²) in [6.45, 7) is 5.45. The van der Waals surface area contributed by atoms with Crippen LogP contribution in [0, 0.1) is 5.82 Å². The molecule has 0 amide bonds. The number of allylic oxidation sites excluding steroid dienone is 2. The Hall–Kier alpha value is -2.33. The van der Waals surface area contributed by atoms with Gasteiger partial charge in [-0.2, -0.15) is 0 Å². The number of aromatic nitrogens is 2. The molecule has 0 aliphatic carbocycles. The zero-order chi connectivity index (χ0) is 17.4. The minimum Gasteiger partial charge on any atom is -0.393 e. The molecule has 0 fully saturated rings. The maximum atomic E-state index is 14.3. The highest BCUT2D eigenvalue weighted by Crippen LogP contribution is 2.21. The summed E-state index contributed by atoms with van der Waals surface area (Å²) in [5, 5.41) is 9.20. The van der Waals surface area contributed by atoms with Crippen molar-refractivity contribution in [3.63, 3.8) is 0 Å². The number of halogens is 1. The molecule has 1 aromatic carbocycles. The van der Waals surface area contributed by atoms with E-state index in [0.29, 0.717) is 17.8 Å². The highest BCUT2D eigenvalue weighted by atomic mass is 19.1. The lowest BCUT2D eigenvalue weighted by molar-refractivity contribution is 0.182. The Bertz CT molecular complexity index is 693. The van der Waals surface area contributed by atoms with Gasteiger partial charge in [-0.25, -0.2) is 14.4 Å². The molecule has 0 saturated heterocycles. The Morgan fingerprint density at radius 2 is 2.04 bits per heavy atom.